The number of likely N-dealkylation sites (N-methyl/N-ethyl adjacent to an activating group) is 1. The molecular formula is C33H35N7O. The number of H-pyrrole nitrogens is 1. The fourth-order valence-electron chi connectivity index (χ4n) is 5.88. The normalized spacial score (nSPS) is 16.1. The number of nitrogens with one attached hydrogen (secondary N) is 1. The Kier molecular flexibility index (Phi) is 7.15. The molecular weight excluding hydrogens is 510 g/mol. The molecule has 2 aliphatic heterocycles. The van der Waals surface area contributed by atoms with Crippen molar-refractivity contribution < 1.29 is 4.79 Å². The van der Waals surface area contributed by atoms with Gasteiger partial charge < -0.3 is 25.4 Å². The second-order valence-electron chi connectivity index (χ2n) is 10.6. The number of allylic oxidation sites excluding steroid dienone is 1. The first-order valence-corrected chi connectivity index (χ1v) is 14.0. The van der Waals surface area contributed by atoms with Crippen molar-refractivity contribution in [3.05, 3.63) is 84.7 Å². The van der Waals surface area contributed by atoms with Gasteiger partial charge in [-0.3, -0.25) is 9.79 Å². The van der Waals surface area contributed by atoms with E-state index in [1.807, 2.05) is 11.1 Å². The second-order valence-corrected chi connectivity index (χ2v) is 10.6. The van der Waals surface area contributed by atoms with E-state index < -0.39 is 0 Å². The minimum absolute atomic E-state index is 0.0833. The third-order valence-electron chi connectivity index (χ3n) is 8.17. The number of carbonyl (C=O) groups excluding carboxylic acids is 1. The Balaban J connectivity index is 1.49. The lowest BCUT2D eigenvalue weighted by Gasteiger charge is -2.34. The molecule has 1 amide bonds. The first-order chi connectivity index (χ1) is 20.0. The smallest absolute Gasteiger partial charge is 0.250 e. The maximum atomic E-state index is 12.6. The SMILES string of the molecule is C=CC(=O)N1CCc2ccc(-c3c(-c4ccc(N5CCN(C)CC5)cc4)[nH]c4ncc(/C(C=NC)=C/N)cc34)cc21. The molecule has 8 nitrogen and oxygen atoms in total. The van der Waals surface area contributed by atoms with Crippen LogP contribution in [0, 0.1) is 0 Å². The van der Waals surface area contributed by atoms with Gasteiger partial charge in [-0.15, -0.1) is 0 Å². The number of fused-ring (bicyclic) bond motifs is 2. The average Bonchev–Trinajstić information content (AvgIpc) is 3.61. The van der Waals surface area contributed by atoms with Crippen molar-refractivity contribution in [3.63, 3.8) is 0 Å². The van der Waals surface area contributed by atoms with Crippen LogP contribution < -0.4 is 15.5 Å². The Hall–Kier alpha value is -4.69. The van der Waals surface area contributed by atoms with E-state index >= 15 is 0 Å². The zero-order valence-corrected chi connectivity index (χ0v) is 23.6. The van der Waals surface area contributed by atoms with Crippen LogP contribution in [0.5, 0.6) is 0 Å². The van der Waals surface area contributed by atoms with Gasteiger partial charge in [0.1, 0.15) is 5.65 Å². The van der Waals surface area contributed by atoms with Crippen molar-refractivity contribution in [3.8, 4) is 22.4 Å². The van der Waals surface area contributed by atoms with E-state index in [1.54, 1.807) is 19.5 Å². The molecule has 0 spiro atoms. The van der Waals surface area contributed by atoms with Gasteiger partial charge in [-0.25, -0.2) is 4.98 Å². The number of benzene rings is 2. The molecule has 0 unspecified atom stereocenters. The highest BCUT2D eigenvalue weighted by Crippen LogP contribution is 2.42. The summed E-state index contributed by atoms with van der Waals surface area (Å²) in [4.78, 5) is 31.8. The van der Waals surface area contributed by atoms with Crippen LogP contribution in [0.3, 0.4) is 0 Å². The predicted octanol–water partition coefficient (Wildman–Crippen LogP) is 4.72. The van der Waals surface area contributed by atoms with Gasteiger partial charge in [0.25, 0.3) is 0 Å². The number of pyridine rings is 1. The van der Waals surface area contributed by atoms with E-state index in [0.717, 1.165) is 88.4 Å². The number of anilines is 2. The van der Waals surface area contributed by atoms with E-state index in [1.165, 1.54) is 11.8 Å². The van der Waals surface area contributed by atoms with Gasteiger partial charge in [0.15, 0.2) is 0 Å². The summed E-state index contributed by atoms with van der Waals surface area (Å²) in [5.41, 5.74) is 15.8. The van der Waals surface area contributed by atoms with Gasteiger partial charge in [0.2, 0.25) is 5.91 Å². The average molecular weight is 546 g/mol. The number of aromatic nitrogens is 2. The molecule has 1 saturated heterocycles. The van der Waals surface area contributed by atoms with Crippen molar-refractivity contribution in [1.82, 2.24) is 14.9 Å². The Morgan fingerprint density at radius 1 is 1.05 bits per heavy atom. The summed E-state index contributed by atoms with van der Waals surface area (Å²) < 4.78 is 0. The van der Waals surface area contributed by atoms with E-state index in [0.29, 0.717) is 6.54 Å². The first kappa shape index (κ1) is 26.5. The molecule has 0 bridgehead atoms. The number of piperazine rings is 1. The summed E-state index contributed by atoms with van der Waals surface area (Å²) in [6.45, 7) is 8.53. The number of nitrogens with two attached hydrogens (primary N) is 1. The quantitative estimate of drug-likeness (QED) is 0.270. The summed E-state index contributed by atoms with van der Waals surface area (Å²) in [5, 5.41) is 0.976. The number of aromatic amines is 1. The van der Waals surface area contributed by atoms with E-state index in [2.05, 4.69) is 81.9 Å². The van der Waals surface area contributed by atoms with Gasteiger partial charge in [-0.05, 0) is 60.5 Å². The van der Waals surface area contributed by atoms with Crippen LogP contribution in [-0.4, -0.2) is 73.8 Å². The number of amides is 1. The van der Waals surface area contributed by atoms with Crippen molar-refractivity contribution in [2.75, 3.05) is 56.6 Å². The molecule has 0 saturated carbocycles. The van der Waals surface area contributed by atoms with Crippen LogP contribution in [0.2, 0.25) is 0 Å². The highest BCUT2D eigenvalue weighted by atomic mass is 16.2. The predicted molar refractivity (Wildman–Crippen MR) is 170 cm³/mol. The molecule has 3 N–H and O–H groups in total. The molecule has 8 heteroatoms. The molecule has 0 aliphatic carbocycles. The van der Waals surface area contributed by atoms with Gasteiger partial charge in [-0.1, -0.05) is 30.8 Å². The number of aliphatic imine (C=N–C) groups is 1. The molecule has 0 atom stereocenters. The van der Waals surface area contributed by atoms with Gasteiger partial charge >= 0.3 is 0 Å². The highest BCUT2D eigenvalue weighted by molar-refractivity contribution is 6.12. The number of carbonyl (C=O) groups is 1. The standard InChI is InChI=1S/C33H35N7O/c1-4-30(41)40-12-11-22-5-6-24(18-29(22)40)31-28-17-25(26(19-34)20-35-2)21-36-33(28)37-32(31)23-7-9-27(10-8-23)39-15-13-38(3)14-16-39/h4-10,17-21H,1,11-16,34H2,2-3H3,(H,36,37)/b26-19+,35-20?. The van der Waals surface area contributed by atoms with Crippen molar-refractivity contribution >= 4 is 40.1 Å². The Morgan fingerprint density at radius 2 is 1.80 bits per heavy atom. The maximum Gasteiger partial charge on any atom is 0.250 e. The van der Waals surface area contributed by atoms with Crippen molar-refractivity contribution in [1.29, 1.82) is 0 Å². The topological polar surface area (TPSA) is 93.9 Å². The maximum absolute atomic E-state index is 12.6. The van der Waals surface area contributed by atoms with Crippen LogP contribution in [-0.2, 0) is 11.2 Å². The minimum atomic E-state index is -0.0833. The molecule has 41 heavy (non-hydrogen) atoms. The van der Waals surface area contributed by atoms with Crippen molar-refractivity contribution in [2.24, 2.45) is 10.7 Å². The fourth-order valence-corrected chi connectivity index (χ4v) is 5.88. The monoisotopic (exact) mass is 545 g/mol. The third-order valence-corrected chi connectivity index (χ3v) is 8.17. The van der Waals surface area contributed by atoms with E-state index in [9.17, 15) is 4.79 Å². The minimum Gasteiger partial charge on any atom is -0.404 e. The van der Waals surface area contributed by atoms with Crippen molar-refractivity contribution in [2.45, 2.75) is 6.42 Å². The van der Waals surface area contributed by atoms with Crippen LogP contribution in [0.15, 0.2) is 78.6 Å². The van der Waals surface area contributed by atoms with Crippen LogP contribution in [0.1, 0.15) is 11.1 Å². The number of nitrogens with zero attached hydrogens (tertiary/aromatic N) is 5. The number of hydrogen-bond acceptors (Lipinski definition) is 6. The van der Waals surface area contributed by atoms with Crippen LogP contribution in [0.25, 0.3) is 39.0 Å². The lowest BCUT2D eigenvalue weighted by Crippen LogP contribution is -2.44. The molecule has 4 aromatic rings. The highest BCUT2D eigenvalue weighted by Gasteiger charge is 2.25. The van der Waals surface area contributed by atoms with E-state index in [-0.39, 0.29) is 5.91 Å². The van der Waals surface area contributed by atoms with Crippen LogP contribution in [0.4, 0.5) is 11.4 Å². The molecule has 1 fully saturated rings. The largest absolute Gasteiger partial charge is 0.404 e. The summed E-state index contributed by atoms with van der Waals surface area (Å²) in [5.74, 6) is -0.0833. The lowest BCUT2D eigenvalue weighted by molar-refractivity contribution is -0.114. The summed E-state index contributed by atoms with van der Waals surface area (Å²) in [6.07, 6.45) is 7.31. The molecule has 0 radical (unpaired) electrons. The van der Waals surface area contributed by atoms with Gasteiger partial charge in [-0.2, -0.15) is 0 Å². The Labute approximate surface area is 240 Å². The number of rotatable bonds is 6. The van der Waals surface area contributed by atoms with Crippen LogP contribution >= 0.6 is 0 Å². The molecule has 2 aromatic heterocycles. The zero-order chi connectivity index (χ0) is 28.5. The van der Waals surface area contributed by atoms with E-state index in [4.69, 9.17) is 10.7 Å². The first-order valence-electron chi connectivity index (χ1n) is 14.0. The van der Waals surface area contributed by atoms with Gasteiger partial charge in [0, 0.05) is 91.8 Å². The van der Waals surface area contributed by atoms with Gasteiger partial charge in [0.05, 0.1) is 5.69 Å². The number of hydrogen-bond donors (Lipinski definition) is 2. The second kappa shape index (κ2) is 11.1. The molecule has 6 rings (SSSR count). The zero-order valence-electron chi connectivity index (χ0n) is 23.6. The third kappa shape index (κ3) is 4.91. The Bertz CT molecular complexity index is 1670. The molecule has 208 valence electrons. The molecule has 4 heterocycles. The fraction of sp³-hybridized carbons (Fsp3) is 0.242. The Morgan fingerprint density at radius 3 is 2.51 bits per heavy atom. The summed E-state index contributed by atoms with van der Waals surface area (Å²) in [6, 6.07) is 17.3. The lowest BCUT2D eigenvalue weighted by atomic mass is 9.96. The molecule has 2 aromatic carbocycles. The summed E-state index contributed by atoms with van der Waals surface area (Å²) in [7, 11) is 3.89. The molecule has 2 aliphatic rings. The summed E-state index contributed by atoms with van der Waals surface area (Å²) >= 11 is 0.